The molecule has 7 heteroatoms. The van der Waals surface area contributed by atoms with E-state index in [2.05, 4.69) is 39.8 Å². The summed E-state index contributed by atoms with van der Waals surface area (Å²) >= 11 is 1.22. The molecule has 1 heterocycles. The predicted molar refractivity (Wildman–Crippen MR) is 138 cm³/mol. The number of hydrogen-bond donors (Lipinski definition) is 1. The number of rotatable bonds is 11. The number of nitrogens with one attached hydrogen (secondary N) is 1. The van der Waals surface area contributed by atoms with Crippen LogP contribution >= 0.6 is 11.8 Å². The van der Waals surface area contributed by atoms with Crippen molar-refractivity contribution in [2.24, 2.45) is 0 Å². The van der Waals surface area contributed by atoms with Crippen LogP contribution in [-0.2, 0) is 11.4 Å². The lowest BCUT2D eigenvalue weighted by molar-refractivity contribution is -0.118. The normalized spacial score (nSPS) is 10.9. The van der Waals surface area contributed by atoms with Crippen molar-refractivity contribution in [1.29, 1.82) is 0 Å². The molecule has 0 aliphatic carbocycles. The number of carbonyl (C=O) groups excluding carboxylic acids is 1. The average molecular weight is 488 g/mol. The molecule has 0 unspecified atom stereocenters. The van der Waals surface area contributed by atoms with Gasteiger partial charge < -0.3 is 14.5 Å². The Balaban J connectivity index is 1.23. The Morgan fingerprint density at radius 3 is 2.34 bits per heavy atom. The summed E-state index contributed by atoms with van der Waals surface area (Å²) in [5, 5.41) is 11.4. The number of nitrogens with zero attached hydrogens (tertiary/aromatic N) is 2. The third-order valence-corrected chi connectivity index (χ3v) is 6.45. The van der Waals surface area contributed by atoms with E-state index in [9.17, 15) is 4.79 Å². The third kappa shape index (κ3) is 7.20. The number of ether oxygens (including phenoxy) is 1. The Morgan fingerprint density at radius 2 is 1.66 bits per heavy atom. The Bertz CT molecular complexity index is 1190. The highest BCUT2D eigenvalue weighted by molar-refractivity contribution is 7.99. The maximum atomic E-state index is 12.4. The first kappa shape index (κ1) is 24.5. The maximum absolute atomic E-state index is 12.4. The minimum absolute atomic E-state index is 0.0683. The molecule has 1 aromatic heterocycles. The van der Waals surface area contributed by atoms with Crippen molar-refractivity contribution in [3.8, 4) is 5.75 Å². The van der Waals surface area contributed by atoms with Gasteiger partial charge in [-0.25, -0.2) is 0 Å². The number of aromatic nitrogens is 2. The molecular formula is C28H29N3O3S. The largest absolute Gasteiger partial charge is 0.484 e. The lowest BCUT2D eigenvalue weighted by atomic mass is 9.88. The van der Waals surface area contributed by atoms with Crippen LogP contribution in [0.3, 0.4) is 0 Å². The Hall–Kier alpha value is -3.58. The molecule has 0 atom stereocenters. The van der Waals surface area contributed by atoms with Crippen LogP contribution in [-0.4, -0.2) is 28.4 Å². The predicted octanol–water partition coefficient (Wildman–Crippen LogP) is 5.70. The van der Waals surface area contributed by atoms with Gasteiger partial charge in [-0.2, -0.15) is 0 Å². The minimum atomic E-state index is -0.0683. The van der Waals surface area contributed by atoms with E-state index in [1.807, 2.05) is 68.4 Å². The van der Waals surface area contributed by atoms with Crippen molar-refractivity contribution in [3.63, 3.8) is 0 Å². The van der Waals surface area contributed by atoms with E-state index in [4.69, 9.17) is 9.15 Å². The molecule has 0 bridgehead atoms. The first-order valence-electron chi connectivity index (χ1n) is 11.6. The highest BCUT2D eigenvalue weighted by Gasteiger charge is 2.15. The van der Waals surface area contributed by atoms with Gasteiger partial charge in [-0.05, 0) is 48.6 Å². The Labute approximate surface area is 210 Å². The van der Waals surface area contributed by atoms with E-state index in [1.165, 1.54) is 22.9 Å². The lowest BCUT2D eigenvalue weighted by Crippen LogP contribution is -2.27. The van der Waals surface area contributed by atoms with Crippen molar-refractivity contribution >= 4 is 17.7 Å². The van der Waals surface area contributed by atoms with E-state index in [0.717, 1.165) is 23.3 Å². The van der Waals surface area contributed by atoms with Crippen molar-refractivity contribution in [1.82, 2.24) is 15.5 Å². The second-order valence-electron chi connectivity index (χ2n) is 8.32. The lowest BCUT2D eigenvalue weighted by Gasteiger charge is -2.18. The van der Waals surface area contributed by atoms with Crippen molar-refractivity contribution in [3.05, 3.63) is 107 Å². The van der Waals surface area contributed by atoms with E-state index in [0.29, 0.717) is 17.7 Å². The first-order valence-corrected chi connectivity index (χ1v) is 12.6. The molecule has 0 saturated carbocycles. The van der Waals surface area contributed by atoms with Gasteiger partial charge in [0.05, 0.1) is 5.75 Å². The van der Waals surface area contributed by atoms with Crippen LogP contribution in [0.25, 0.3) is 0 Å². The van der Waals surface area contributed by atoms with Crippen LogP contribution in [0.15, 0.2) is 88.5 Å². The summed E-state index contributed by atoms with van der Waals surface area (Å²) < 4.78 is 11.4. The zero-order valence-electron chi connectivity index (χ0n) is 19.9. The van der Waals surface area contributed by atoms with Crippen molar-refractivity contribution in [2.45, 2.75) is 38.0 Å². The maximum Gasteiger partial charge on any atom is 0.277 e. The van der Waals surface area contributed by atoms with Gasteiger partial charge in [-0.3, -0.25) is 4.79 Å². The Morgan fingerprint density at radius 1 is 0.971 bits per heavy atom. The molecule has 3 aromatic carbocycles. The average Bonchev–Trinajstić information content (AvgIpc) is 3.35. The molecule has 4 aromatic rings. The monoisotopic (exact) mass is 487 g/mol. The number of amides is 1. The van der Waals surface area contributed by atoms with E-state index in [1.54, 1.807) is 0 Å². The molecule has 180 valence electrons. The summed E-state index contributed by atoms with van der Waals surface area (Å²) in [6.45, 7) is 4.77. The molecule has 0 radical (unpaired) electrons. The molecule has 4 rings (SSSR count). The highest BCUT2D eigenvalue weighted by Crippen LogP contribution is 2.27. The van der Waals surface area contributed by atoms with E-state index >= 15 is 0 Å². The van der Waals surface area contributed by atoms with E-state index < -0.39 is 0 Å². The third-order valence-electron chi connectivity index (χ3n) is 5.63. The molecule has 35 heavy (non-hydrogen) atoms. The summed E-state index contributed by atoms with van der Waals surface area (Å²) in [7, 11) is 0. The number of carbonyl (C=O) groups is 1. The molecular weight excluding hydrogens is 458 g/mol. The van der Waals surface area contributed by atoms with Gasteiger partial charge in [0.25, 0.3) is 11.1 Å². The van der Waals surface area contributed by atoms with Crippen molar-refractivity contribution < 1.29 is 13.9 Å². The zero-order valence-corrected chi connectivity index (χ0v) is 20.8. The standard InChI is InChI=1S/C28H29N3O3S/c1-20-13-14-21(2)25(17-20)33-18-27-30-31-28(34-27)35-19-26(32)29-16-15-24(22-9-5-3-6-10-22)23-11-7-4-8-12-23/h3-14,17,24H,15-16,18-19H2,1-2H3,(H,29,32). The van der Waals surface area contributed by atoms with Gasteiger partial charge in [0.15, 0.2) is 6.61 Å². The van der Waals surface area contributed by atoms with Crippen LogP contribution in [0, 0.1) is 13.8 Å². The molecule has 0 fully saturated rings. The topological polar surface area (TPSA) is 77.2 Å². The summed E-state index contributed by atoms with van der Waals surface area (Å²) in [6, 6.07) is 26.8. The van der Waals surface area contributed by atoms with E-state index in [-0.39, 0.29) is 24.2 Å². The molecule has 6 nitrogen and oxygen atoms in total. The molecule has 0 aliphatic rings. The molecule has 1 amide bonds. The van der Waals surface area contributed by atoms with Crippen LogP contribution in [0.2, 0.25) is 0 Å². The Kier molecular flexibility index (Phi) is 8.57. The summed E-state index contributed by atoms with van der Waals surface area (Å²) in [5.74, 6) is 1.53. The highest BCUT2D eigenvalue weighted by atomic mass is 32.2. The first-order chi connectivity index (χ1) is 17.1. The van der Waals surface area contributed by atoms with Gasteiger partial charge in [-0.15, -0.1) is 10.2 Å². The molecule has 0 spiro atoms. The van der Waals surface area contributed by atoms with Crippen LogP contribution < -0.4 is 10.1 Å². The van der Waals surface area contributed by atoms with Crippen LogP contribution in [0.1, 0.15) is 40.5 Å². The van der Waals surface area contributed by atoms with Crippen LogP contribution in [0.4, 0.5) is 0 Å². The van der Waals surface area contributed by atoms with Gasteiger partial charge in [-0.1, -0.05) is 84.6 Å². The second-order valence-corrected chi connectivity index (χ2v) is 9.25. The number of hydrogen-bond acceptors (Lipinski definition) is 6. The van der Waals surface area contributed by atoms with Gasteiger partial charge >= 0.3 is 0 Å². The van der Waals surface area contributed by atoms with Gasteiger partial charge in [0.2, 0.25) is 5.91 Å². The molecule has 1 N–H and O–H groups in total. The molecule has 0 aliphatic heterocycles. The number of aryl methyl sites for hydroxylation is 2. The summed E-state index contributed by atoms with van der Waals surface area (Å²) in [5.41, 5.74) is 4.65. The fraction of sp³-hybridized carbons (Fsp3) is 0.250. The quantitative estimate of drug-likeness (QED) is 0.274. The fourth-order valence-electron chi connectivity index (χ4n) is 3.79. The fourth-order valence-corrected chi connectivity index (χ4v) is 4.40. The minimum Gasteiger partial charge on any atom is -0.484 e. The second kappa shape index (κ2) is 12.2. The number of thioether (sulfide) groups is 1. The smallest absolute Gasteiger partial charge is 0.277 e. The van der Waals surface area contributed by atoms with Gasteiger partial charge in [0.1, 0.15) is 5.75 Å². The summed E-state index contributed by atoms with van der Waals surface area (Å²) in [6.07, 6.45) is 0.810. The zero-order chi connectivity index (χ0) is 24.5. The molecule has 0 saturated heterocycles. The van der Waals surface area contributed by atoms with Gasteiger partial charge in [0, 0.05) is 12.5 Å². The van der Waals surface area contributed by atoms with Crippen molar-refractivity contribution in [2.75, 3.05) is 12.3 Å². The van der Waals surface area contributed by atoms with Crippen LogP contribution in [0.5, 0.6) is 5.75 Å². The SMILES string of the molecule is Cc1ccc(C)c(OCc2nnc(SCC(=O)NCCC(c3ccccc3)c3ccccc3)o2)c1. The number of benzene rings is 3. The summed E-state index contributed by atoms with van der Waals surface area (Å²) in [4.78, 5) is 12.4.